The Labute approximate surface area is 230 Å². The second-order valence-corrected chi connectivity index (χ2v) is 9.85. The number of hydrogen-bond acceptors (Lipinski definition) is 3. The zero-order valence-electron chi connectivity index (χ0n) is 22.7. The average molecular weight is 529 g/mol. The van der Waals surface area contributed by atoms with Crippen LogP contribution in [0.25, 0.3) is 21.5 Å². The summed E-state index contributed by atoms with van der Waals surface area (Å²) in [6, 6.07) is 20.8. The lowest BCUT2D eigenvalue weighted by molar-refractivity contribution is -0.696. The average Bonchev–Trinajstić information content (AvgIpc) is 2.96. The molecule has 2 N–H and O–H groups in total. The van der Waals surface area contributed by atoms with Gasteiger partial charge in [0.1, 0.15) is 13.1 Å². The predicted octanol–water partition coefficient (Wildman–Crippen LogP) is 3.86. The third-order valence-corrected chi connectivity index (χ3v) is 6.71. The van der Waals surface area contributed by atoms with Crippen molar-refractivity contribution in [1.29, 1.82) is 0 Å². The Hall–Kier alpha value is -3.84. The molecule has 0 saturated heterocycles. The van der Waals surface area contributed by atoms with Crippen LogP contribution in [0.2, 0.25) is 0 Å². The van der Waals surface area contributed by atoms with Crippen molar-refractivity contribution in [3.8, 4) is 0 Å². The molecule has 7 nitrogen and oxygen atoms in total. The van der Waals surface area contributed by atoms with E-state index in [1.165, 1.54) is 21.5 Å². The summed E-state index contributed by atoms with van der Waals surface area (Å²) in [4.78, 5) is 24.2. The van der Waals surface area contributed by atoms with Gasteiger partial charge in [0.25, 0.3) is 0 Å². The zero-order valence-corrected chi connectivity index (χ0v) is 22.7. The number of carbonyl (C=O) groups is 2. The molecule has 0 bridgehead atoms. The molecule has 0 fully saturated rings. The Morgan fingerprint density at radius 1 is 0.590 bits per heavy atom. The molecule has 0 saturated carbocycles. The van der Waals surface area contributed by atoms with Crippen LogP contribution < -0.4 is 19.8 Å². The molecular weight excluding hydrogens is 488 g/mol. The lowest BCUT2D eigenvalue weighted by Crippen LogP contribution is -2.34. The first-order valence-corrected chi connectivity index (χ1v) is 14.0. The van der Waals surface area contributed by atoms with Gasteiger partial charge < -0.3 is 15.4 Å². The van der Waals surface area contributed by atoms with E-state index in [-0.39, 0.29) is 11.8 Å². The Kier molecular flexibility index (Phi) is 11.2. The van der Waals surface area contributed by atoms with Crippen LogP contribution in [0, 0.1) is 0 Å². The first kappa shape index (κ1) is 28.2. The van der Waals surface area contributed by atoms with Crippen LogP contribution in [0.5, 0.6) is 0 Å². The van der Waals surface area contributed by atoms with Crippen molar-refractivity contribution in [2.45, 2.75) is 51.6 Å². The fraction of sp³-hybridized carbons (Fsp3) is 0.375. The molecule has 0 unspecified atom stereocenters. The molecule has 4 rings (SSSR count). The summed E-state index contributed by atoms with van der Waals surface area (Å²) in [5.74, 6) is 0.163. The van der Waals surface area contributed by atoms with Gasteiger partial charge in [-0.05, 0) is 35.7 Å². The first-order chi connectivity index (χ1) is 19.2. The second kappa shape index (κ2) is 15.5. The molecule has 204 valence electrons. The van der Waals surface area contributed by atoms with Crippen LogP contribution in [0.4, 0.5) is 0 Å². The molecule has 0 aliphatic rings. The molecule has 0 radical (unpaired) electrons. The monoisotopic (exact) mass is 528 g/mol. The van der Waals surface area contributed by atoms with E-state index in [1.54, 1.807) is 0 Å². The number of aryl methyl sites for hydroxylation is 2. The number of nitrogens with zero attached hydrogens (tertiary/aromatic N) is 2. The summed E-state index contributed by atoms with van der Waals surface area (Å²) < 4.78 is 9.91. The lowest BCUT2D eigenvalue weighted by Gasteiger charge is -2.07. The summed E-state index contributed by atoms with van der Waals surface area (Å²) in [6.07, 6.45) is 12.6. The topological polar surface area (TPSA) is 75.2 Å². The van der Waals surface area contributed by atoms with Crippen LogP contribution >= 0.6 is 0 Å². The summed E-state index contributed by atoms with van der Waals surface area (Å²) in [5.41, 5.74) is 0. The molecule has 39 heavy (non-hydrogen) atoms. The molecule has 2 heterocycles. The van der Waals surface area contributed by atoms with Crippen molar-refractivity contribution in [2.24, 2.45) is 0 Å². The normalized spacial score (nSPS) is 11.1. The third-order valence-electron chi connectivity index (χ3n) is 6.71. The maximum atomic E-state index is 12.1. The number of ether oxygens (including phenoxy) is 1. The van der Waals surface area contributed by atoms with Crippen molar-refractivity contribution < 1.29 is 23.5 Å². The second-order valence-electron chi connectivity index (χ2n) is 9.85. The van der Waals surface area contributed by atoms with E-state index in [4.69, 9.17) is 4.74 Å². The number of rotatable bonds is 16. The number of hydrogen-bond donors (Lipinski definition) is 2. The Morgan fingerprint density at radius 3 is 1.49 bits per heavy atom. The first-order valence-electron chi connectivity index (χ1n) is 14.0. The minimum Gasteiger partial charge on any atom is -0.381 e. The highest BCUT2D eigenvalue weighted by molar-refractivity contribution is 5.81. The van der Waals surface area contributed by atoms with Gasteiger partial charge in [-0.15, -0.1) is 0 Å². The van der Waals surface area contributed by atoms with Gasteiger partial charge in [0.15, 0.2) is 24.8 Å². The minimum atomic E-state index is 0.0816. The zero-order chi connectivity index (χ0) is 27.1. The standard InChI is InChI=1S/C32H38N4O3/c37-31(13-5-19-35-21-15-27-9-1-3-11-29(27)25-35)33-17-7-23-39-24-8-18-34-32(38)14-6-20-36-22-16-28-10-2-4-12-30(28)26-36/h1-4,9-12,15-16,21-22,25-26H,5-8,13-14,17-20,23-24H2/p+2. The van der Waals surface area contributed by atoms with E-state index in [0.29, 0.717) is 39.1 Å². The molecule has 7 heteroatoms. The molecule has 2 aromatic heterocycles. The number of nitrogens with one attached hydrogen (secondary N) is 2. The van der Waals surface area contributed by atoms with E-state index in [9.17, 15) is 9.59 Å². The third kappa shape index (κ3) is 9.76. The SMILES string of the molecule is O=C(CCC[n+]1ccc2ccccc2c1)NCCCOCCCNC(=O)CCC[n+]1ccc2ccccc2c1. The molecule has 2 amide bonds. The van der Waals surface area contributed by atoms with Crippen molar-refractivity contribution in [3.63, 3.8) is 0 Å². The smallest absolute Gasteiger partial charge is 0.220 e. The lowest BCUT2D eigenvalue weighted by atomic mass is 10.2. The van der Waals surface area contributed by atoms with Crippen LogP contribution in [-0.4, -0.2) is 38.1 Å². The highest BCUT2D eigenvalue weighted by atomic mass is 16.5. The Balaban J connectivity index is 0.949. The minimum absolute atomic E-state index is 0.0816. The van der Waals surface area contributed by atoms with E-state index in [0.717, 1.165) is 38.8 Å². The largest absolute Gasteiger partial charge is 0.381 e. The Bertz CT molecular complexity index is 1250. The summed E-state index contributed by atoms with van der Waals surface area (Å²) in [6.45, 7) is 4.08. The van der Waals surface area contributed by atoms with Crippen molar-refractivity contribution in [1.82, 2.24) is 10.6 Å². The summed E-state index contributed by atoms with van der Waals surface area (Å²) in [5, 5.41) is 10.8. The number of carbonyl (C=O) groups excluding carboxylic acids is 2. The van der Waals surface area contributed by atoms with E-state index in [2.05, 4.69) is 81.0 Å². The quantitative estimate of drug-likeness (QED) is 0.171. The van der Waals surface area contributed by atoms with Crippen LogP contribution in [0.3, 0.4) is 0 Å². The maximum absolute atomic E-state index is 12.1. The van der Waals surface area contributed by atoms with Gasteiger partial charge in [-0.25, -0.2) is 9.13 Å². The number of amides is 2. The molecular formula is C32H40N4O3+2. The number of benzene rings is 2. The number of pyridine rings is 2. The number of aromatic nitrogens is 2. The van der Waals surface area contributed by atoms with Crippen LogP contribution in [-0.2, 0) is 27.4 Å². The highest BCUT2D eigenvalue weighted by Crippen LogP contribution is 2.10. The predicted molar refractivity (Wildman–Crippen MR) is 153 cm³/mol. The van der Waals surface area contributed by atoms with Gasteiger partial charge in [-0.2, -0.15) is 0 Å². The maximum Gasteiger partial charge on any atom is 0.220 e. The molecule has 0 aliphatic heterocycles. The molecule has 0 atom stereocenters. The number of fused-ring (bicyclic) bond motifs is 2. The van der Waals surface area contributed by atoms with Gasteiger partial charge >= 0.3 is 0 Å². The summed E-state index contributed by atoms with van der Waals surface area (Å²) >= 11 is 0. The van der Waals surface area contributed by atoms with Crippen molar-refractivity contribution in [3.05, 3.63) is 85.5 Å². The van der Waals surface area contributed by atoms with Gasteiger partial charge in [0.05, 0.1) is 0 Å². The highest BCUT2D eigenvalue weighted by Gasteiger charge is 2.07. The van der Waals surface area contributed by atoms with Crippen LogP contribution in [0.15, 0.2) is 85.5 Å². The van der Waals surface area contributed by atoms with Gasteiger partial charge in [-0.3, -0.25) is 9.59 Å². The van der Waals surface area contributed by atoms with Crippen LogP contribution in [0.1, 0.15) is 38.5 Å². The fourth-order valence-corrected chi connectivity index (χ4v) is 4.56. The Morgan fingerprint density at radius 2 is 1.03 bits per heavy atom. The van der Waals surface area contributed by atoms with Gasteiger partial charge in [0.2, 0.25) is 11.8 Å². The van der Waals surface area contributed by atoms with Gasteiger partial charge in [0, 0.05) is 74.9 Å². The molecule has 4 aromatic rings. The van der Waals surface area contributed by atoms with Crippen molar-refractivity contribution >= 4 is 33.4 Å². The fourth-order valence-electron chi connectivity index (χ4n) is 4.56. The van der Waals surface area contributed by atoms with Crippen molar-refractivity contribution in [2.75, 3.05) is 26.3 Å². The summed E-state index contributed by atoms with van der Waals surface area (Å²) in [7, 11) is 0. The van der Waals surface area contributed by atoms with Gasteiger partial charge in [-0.1, -0.05) is 36.4 Å². The van der Waals surface area contributed by atoms with E-state index >= 15 is 0 Å². The molecule has 0 aliphatic carbocycles. The van der Waals surface area contributed by atoms with E-state index < -0.39 is 0 Å². The van der Waals surface area contributed by atoms with E-state index in [1.807, 2.05) is 24.3 Å². The molecule has 2 aromatic carbocycles. The molecule has 0 spiro atoms.